The molecule has 1 fully saturated rings. The van der Waals surface area contributed by atoms with Crippen molar-refractivity contribution < 1.29 is 13.2 Å². The summed E-state index contributed by atoms with van der Waals surface area (Å²) in [4.78, 5) is 15.6. The molecule has 1 aliphatic rings. The highest BCUT2D eigenvalue weighted by atomic mass is 32.2. The zero-order valence-corrected chi connectivity index (χ0v) is 19.5. The number of aryl methyl sites for hydroxylation is 1. The molecular formula is C24H33N3O3S. The van der Waals surface area contributed by atoms with Crippen molar-refractivity contribution in [2.45, 2.75) is 44.6 Å². The van der Waals surface area contributed by atoms with Crippen LogP contribution >= 0.6 is 0 Å². The highest BCUT2D eigenvalue weighted by Crippen LogP contribution is 2.25. The minimum absolute atomic E-state index is 0.108. The van der Waals surface area contributed by atoms with E-state index in [2.05, 4.69) is 22.3 Å². The summed E-state index contributed by atoms with van der Waals surface area (Å²) in [6.07, 6.45) is 2.34. The van der Waals surface area contributed by atoms with Gasteiger partial charge in [0.15, 0.2) is 0 Å². The normalized spacial score (nSPS) is 15.9. The number of carbonyl (C=O) groups excluding carboxylic acids is 1. The third-order valence-corrected chi connectivity index (χ3v) is 8.19. The molecule has 0 aromatic heterocycles. The molecule has 1 amide bonds. The van der Waals surface area contributed by atoms with Gasteiger partial charge < -0.3 is 5.32 Å². The van der Waals surface area contributed by atoms with Crippen molar-refractivity contribution in [2.75, 3.05) is 32.7 Å². The van der Waals surface area contributed by atoms with Crippen molar-refractivity contribution in [3.8, 4) is 0 Å². The second-order valence-electron chi connectivity index (χ2n) is 7.95. The molecule has 1 aliphatic heterocycles. The van der Waals surface area contributed by atoms with Crippen molar-refractivity contribution in [1.82, 2.24) is 14.5 Å². The molecule has 1 atom stereocenters. The Balaban J connectivity index is 1.80. The minimum Gasteiger partial charge on any atom is -0.350 e. The smallest absolute Gasteiger partial charge is 0.251 e. The number of nitrogens with one attached hydrogen (secondary N) is 1. The summed E-state index contributed by atoms with van der Waals surface area (Å²) in [5.74, 6) is -0.254. The molecule has 3 rings (SSSR count). The zero-order valence-electron chi connectivity index (χ0n) is 18.7. The summed E-state index contributed by atoms with van der Waals surface area (Å²) in [6, 6.07) is 15.2. The van der Waals surface area contributed by atoms with Gasteiger partial charge in [-0.3, -0.25) is 9.69 Å². The van der Waals surface area contributed by atoms with E-state index in [1.807, 2.05) is 32.0 Å². The average molecular weight is 444 g/mol. The predicted octanol–water partition coefficient (Wildman–Crippen LogP) is 3.59. The van der Waals surface area contributed by atoms with Gasteiger partial charge >= 0.3 is 0 Å². The SMILES string of the molecule is CCN(CC)S(=O)(=O)c1cc(C(=O)NCC(c2ccccc2)N2CCCC2)ccc1C. The Morgan fingerprint density at radius 2 is 1.71 bits per heavy atom. The van der Waals surface area contributed by atoms with Crippen molar-refractivity contribution in [2.24, 2.45) is 0 Å². The molecule has 0 saturated carbocycles. The third kappa shape index (κ3) is 5.34. The fourth-order valence-electron chi connectivity index (χ4n) is 4.20. The fraction of sp³-hybridized carbons (Fsp3) is 0.458. The van der Waals surface area contributed by atoms with Gasteiger partial charge in [-0.25, -0.2) is 8.42 Å². The molecule has 31 heavy (non-hydrogen) atoms. The molecule has 0 spiro atoms. The second-order valence-corrected chi connectivity index (χ2v) is 9.86. The van der Waals surface area contributed by atoms with Crippen LogP contribution in [0.1, 0.15) is 54.2 Å². The third-order valence-electron chi connectivity index (χ3n) is 6.00. The van der Waals surface area contributed by atoms with Crippen LogP contribution in [0.4, 0.5) is 0 Å². The maximum atomic E-state index is 13.0. The molecule has 1 heterocycles. The van der Waals surface area contributed by atoms with Crippen LogP contribution in [0.25, 0.3) is 0 Å². The van der Waals surface area contributed by atoms with E-state index in [1.54, 1.807) is 19.1 Å². The van der Waals surface area contributed by atoms with Crippen LogP contribution in [0.3, 0.4) is 0 Å². The van der Waals surface area contributed by atoms with Crippen LogP contribution in [-0.4, -0.2) is 56.3 Å². The monoisotopic (exact) mass is 443 g/mol. The minimum atomic E-state index is -3.63. The molecule has 7 heteroatoms. The van der Waals surface area contributed by atoms with Gasteiger partial charge in [-0.15, -0.1) is 0 Å². The Kier molecular flexibility index (Phi) is 7.86. The van der Waals surface area contributed by atoms with Crippen LogP contribution in [0.15, 0.2) is 53.4 Å². The maximum Gasteiger partial charge on any atom is 0.251 e. The number of nitrogens with zero attached hydrogens (tertiary/aromatic N) is 2. The number of benzene rings is 2. The van der Waals surface area contributed by atoms with E-state index in [1.165, 1.54) is 28.8 Å². The zero-order chi connectivity index (χ0) is 22.4. The summed E-state index contributed by atoms with van der Waals surface area (Å²) in [5.41, 5.74) is 2.19. The largest absolute Gasteiger partial charge is 0.350 e. The first-order valence-corrected chi connectivity index (χ1v) is 12.5. The molecule has 0 radical (unpaired) electrons. The Hall–Kier alpha value is -2.22. The maximum absolute atomic E-state index is 13.0. The van der Waals surface area contributed by atoms with E-state index in [-0.39, 0.29) is 16.8 Å². The van der Waals surface area contributed by atoms with E-state index in [4.69, 9.17) is 0 Å². The molecule has 1 N–H and O–H groups in total. The fourth-order valence-corrected chi connectivity index (χ4v) is 5.91. The summed E-state index contributed by atoms with van der Waals surface area (Å²) in [6.45, 7) is 8.70. The van der Waals surface area contributed by atoms with E-state index in [9.17, 15) is 13.2 Å². The van der Waals surface area contributed by atoms with Crippen molar-refractivity contribution >= 4 is 15.9 Å². The molecule has 0 bridgehead atoms. The molecule has 1 unspecified atom stereocenters. The summed E-state index contributed by atoms with van der Waals surface area (Å²) >= 11 is 0. The lowest BCUT2D eigenvalue weighted by Gasteiger charge is -2.28. The van der Waals surface area contributed by atoms with Crippen LogP contribution in [-0.2, 0) is 10.0 Å². The van der Waals surface area contributed by atoms with Crippen LogP contribution in [0.5, 0.6) is 0 Å². The Morgan fingerprint density at radius 1 is 1.06 bits per heavy atom. The standard InChI is InChI=1S/C24H33N3O3S/c1-4-27(5-2)31(29,30)23-17-21(14-13-19(23)3)24(28)25-18-22(26-15-9-10-16-26)20-11-7-6-8-12-20/h6-8,11-14,17,22H,4-5,9-10,15-16,18H2,1-3H3,(H,25,28). The lowest BCUT2D eigenvalue weighted by atomic mass is 10.1. The number of sulfonamides is 1. The van der Waals surface area contributed by atoms with Crippen LogP contribution in [0.2, 0.25) is 0 Å². The van der Waals surface area contributed by atoms with Crippen LogP contribution in [0, 0.1) is 6.92 Å². The first kappa shape index (κ1) is 23.4. The van der Waals surface area contributed by atoms with Gasteiger partial charge in [0.25, 0.3) is 5.91 Å². The Bertz CT molecular complexity index is 982. The molecule has 1 saturated heterocycles. The Morgan fingerprint density at radius 3 is 2.32 bits per heavy atom. The van der Waals surface area contributed by atoms with Gasteiger partial charge in [0.2, 0.25) is 10.0 Å². The number of amides is 1. The molecule has 2 aromatic carbocycles. The number of carbonyl (C=O) groups is 1. The van der Waals surface area contributed by atoms with Crippen molar-refractivity contribution in [1.29, 1.82) is 0 Å². The number of hydrogen-bond acceptors (Lipinski definition) is 4. The topological polar surface area (TPSA) is 69.7 Å². The molecule has 2 aromatic rings. The first-order valence-electron chi connectivity index (χ1n) is 11.1. The molecule has 0 aliphatic carbocycles. The van der Waals surface area contributed by atoms with Gasteiger partial charge in [0, 0.05) is 25.2 Å². The van der Waals surface area contributed by atoms with E-state index < -0.39 is 10.0 Å². The highest BCUT2D eigenvalue weighted by Gasteiger charge is 2.26. The quantitative estimate of drug-likeness (QED) is 0.643. The molecular weight excluding hydrogens is 410 g/mol. The van der Waals surface area contributed by atoms with Crippen molar-refractivity contribution in [3.63, 3.8) is 0 Å². The van der Waals surface area contributed by atoms with Crippen LogP contribution < -0.4 is 5.32 Å². The summed E-state index contributed by atoms with van der Waals surface area (Å²) < 4.78 is 27.4. The van der Waals surface area contributed by atoms with E-state index in [0.29, 0.717) is 30.8 Å². The lowest BCUT2D eigenvalue weighted by molar-refractivity contribution is 0.0937. The van der Waals surface area contributed by atoms with Gasteiger partial charge in [0.1, 0.15) is 0 Å². The van der Waals surface area contributed by atoms with Gasteiger partial charge in [0.05, 0.1) is 10.9 Å². The second kappa shape index (κ2) is 10.4. The average Bonchev–Trinajstić information content (AvgIpc) is 3.30. The Labute approximate surface area is 186 Å². The lowest BCUT2D eigenvalue weighted by Crippen LogP contribution is -2.37. The van der Waals surface area contributed by atoms with Crippen molar-refractivity contribution in [3.05, 3.63) is 65.2 Å². The summed E-state index contributed by atoms with van der Waals surface area (Å²) in [5, 5.41) is 3.04. The molecule has 6 nitrogen and oxygen atoms in total. The molecule has 168 valence electrons. The van der Waals surface area contributed by atoms with Gasteiger partial charge in [-0.1, -0.05) is 50.2 Å². The first-order chi connectivity index (χ1) is 14.9. The summed E-state index contributed by atoms with van der Waals surface area (Å²) in [7, 11) is -3.63. The van der Waals surface area contributed by atoms with E-state index in [0.717, 1.165) is 13.1 Å². The number of rotatable bonds is 9. The van der Waals surface area contributed by atoms with Gasteiger partial charge in [-0.2, -0.15) is 4.31 Å². The van der Waals surface area contributed by atoms with E-state index >= 15 is 0 Å². The predicted molar refractivity (Wildman–Crippen MR) is 124 cm³/mol. The van der Waals surface area contributed by atoms with Gasteiger partial charge in [-0.05, 0) is 56.1 Å². The highest BCUT2D eigenvalue weighted by molar-refractivity contribution is 7.89. The number of likely N-dealkylation sites (tertiary alicyclic amines) is 1. The number of hydrogen-bond donors (Lipinski definition) is 1.